The Morgan fingerprint density at radius 1 is 1.50 bits per heavy atom. The third-order valence-corrected chi connectivity index (χ3v) is 4.30. The van der Waals surface area contributed by atoms with Crippen LogP contribution in [0.5, 0.6) is 0 Å². The van der Waals surface area contributed by atoms with Crippen molar-refractivity contribution in [1.29, 1.82) is 0 Å². The van der Waals surface area contributed by atoms with Crippen LogP contribution in [0.25, 0.3) is 0 Å². The van der Waals surface area contributed by atoms with Crippen LogP contribution in [0.2, 0.25) is 0 Å². The Morgan fingerprint density at radius 3 is 2.56 bits per heavy atom. The minimum Gasteiger partial charge on any atom is -0.360 e. The molecule has 1 atom stereocenters. The molecule has 0 radical (unpaired) electrons. The molecule has 16 heavy (non-hydrogen) atoms. The van der Waals surface area contributed by atoms with E-state index in [1.54, 1.807) is 13.8 Å². The van der Waals surface area contributed by atoms with Crippen molar-refractivity contribution in [2.75, 3.05) is 6.54 Å². The molecule has 1 unspecified atom stereocenters. The first-order chi connectivity index (χ1) is 7.38. The Balaban J connectivity index is 2.87. The molecule has 0 aromatic carbocycles. The van der Waals surface area contributed by atoms with Gasteiger partial charge in [-0.15, -0.1) is 11.6 Å². The van der Waals surface area contributed by atoms with E-state index in [-0.39, 0.29) is 22.6 Å². The number of halogens is 1. The monoisotopic (exact) mass is 266 g/mol. The molecule has 1 heterocycles. The predicted molar refractivity (Wildman–Crippen MR) is 61.1 cm³/mol. The molecule has 0 aliphatic heterocycles. The quantitative estimate of drug-likeness (QED) is 0.822. The smallest absolute Gasteiger partial charge is 0.246 e. The van der Waals surface area contributed by atoms with Crippen molar-refractivity contribution in [3.8, 4) is 0 Å². The second-order valence-electron chi connectivity index (χ2n) is 3.51. The average Bonchev–Trinajstić information content (AvgIpc) is 2.55. The summed E-state index contributed by atoms with van der Waals surface area (Å²) < 4.78 is 31.0. The first-order valence-corrected chi connectivity index (χ1v) is 6.87. The average molecular weight is 267 g/mol. The molecule has 0 fully saturated rings. The highest BCUT2D eigenvalue weighted by Crippen LogP contribution is 2.18. The number of rotatable bonds is 5. The van der Waals surface area contributed by atoms with E-state index < -0.39 is 10.0 Å². The van der Waals surface area contributed by atoms with Crippen LogP contribution < -0.4 is 4.72 Å². The zero-order valence-corrected chi connectivity index (χ0v) is 11.0. The summed E-state index contributed by atoms with van der Waals surface area (Å²) in [6.07, 6.45) is 0.700. The first-order valence-electron chi connectivity index (χ1n) is 4.95. The van der Waals surface area contributed by atoms with Gasteiger partial charge in [0, 0.05) is 11.9 Å². The predicted octanol–water partition coefficient (Wildman–Crippen LogP) is 1.59. The molecule has 1 aromatic heterocycles. The summed E-state index contributed by atoms with van der Waals surface area (Å²) in [4.78, 5) is 0.104. The van der Waals surface area contributed by atoms with Crippen molar-refractivity contribution in [3.63, 3.8) is 0 Å². The summed E-state index contributed by atoms with van der Waals surface area (Å²) in [5.41, 5.74) is 0.354. The summed E-state index contributed by atoms with van der Waals surface area (Å²) in [5.74, 6) is 0.285. The normalized spacial score (nSPS) is 14.0. The van der Waals surface area contributed by atoms with Gasteiger partial charge in [-0.1, -0.05) is 12.1 Å². The van der Waals surface area contributed by atoms with Crippen LogP contribution in [0.4, 0.5) is 0 Å². The lowest BCUT2D eigenvalue weighted by molar-refractivity contribution is 0.390. The number of alkyl halides is 1. The zero-order chi connectivity index (χ0) is 12.3. The summed E-state index contributed by atoms with van der Waals surface area (Å²) >= 11 is 5.85. The minimum absolute atomic E-state index is 0.104. The number of hydrogen-bond donors (Lipinski definition) is 1. The Kier molecular flexibility index (Phi) is 4.35. The Bertz CT molecular complexity index is 436. The molecule has 1 rings (SSSR count). The van der Waals surface area contributed by atoms with E-state index in [2.05, 4.69) is 9.88 Å². The molecular weight excluding hydrogens is 252 g/mol. The number of aryl methyl sites for hydroxylation is 2. The minimum atomic E-state index is -3.57. The van der Waals surface area contributed by atoms with Gasteiger partial charge >= 0.3 is 0 Å². The number of sulfonamides is 1. The summed E-state index contributed by atoms with van der Waals surface area (Å²) in [5, 5.41) is 3.39. The van der Waals surface area contributed by atoms with Gasteiger partial charge in [0.2, 0.25) is 10.0 Å². The molecule has 1 N–H and O–H groups in total. The van der Waals surface area contributed by atoms with Crippen LogP contribution in [0.3, 0.4) is 0 Å². The standard InChI is InChI=1S/C9H15ClN2O3S/c1-4-8(10)5-11-16(13,14)9-6(2)12-15-7(9)3/h8,11H,4-5H2,1-3H3. The van der Waals surface area contributed by atoms with Crippen LogP contribution >= 0.6 is 11.6 Å². The van der Waals surface area contributed by atoms with E-state index in [9.17, 15) is 8.42 Å². The van der Waals surface area contributed by atoms with Gasteiger partial charge in [-0.2, -0.15) is 0 Å². The molecule has 0 saturated carbocycles. The van der Waals surface area contributed by atoms with E-state index in [1.165, 1.54) is 0 Å². The molecular formula is C9H15ClN2O3S. The van der Waals surface area contributed by atoms with E-state index >= 15 is 0 Å². The summed E-state index contributed by atoms with van der Waals surface area (Å²) in [6.45, 7) is 5.24. The molecule has 7 heteroatoms. The lowest BCUT2D eigenvalue weighted by Gasteiger charge is -2.08. The van der Waals surface area contributed by atoms with Crippen molar-refractivity contribution in [2.24, 2.45) is 0 Å². The third kappa shape index (κ3) is 2.96. The van der Waals surface area contributed by atoms with Gasteiger partial charge in [0.25, 0.3) is 0 Å². The topological polar surface area (TPSA) is 72.2 Å². The van der Waals surface area contributed by atoms with Gasteiger partial charge in [-0.05, 0) is 20.3 Å². The van der Waals surface area contributed by atoms with Gasteiger partial charge in [0.15, 0.2) is 5.76 Å². The Labute approximate surface area is 100 Å². The van der Waals surface area contributed by atoms with E-state index in [1.807, 2.05) is 6.92 Å². The van der Waals surface area contributed by atoms with Crippen LogP contribution in [-0.2, 0) is 10.0 Å². The molecule has 0 saturated heterocycles. The van der Waals surface area contributed by atoms with Crippen molar-refractivity contribution < 1.29 is 12.9 Å². The molecule has 0 aliphatic rings. The van der Waals surface area contributed by atoms with Crippen molar-refractivity contribution in [1.82, 2.24) is 9.88 Å². The van der Waals surface area contributed by atoms with Gasteiger partial charge in [-0.25, -0.2) is 13.1 Å². The Hall–Kier alpha value is -0.590. The van der Waals surface area contributed by atoms with Gasteiger partial charge in [0.1, 0.15) is 10.6 Å². The van der Waals surface area contributed by atoms with E-state index in [0.29, 0.717) is 12.1 Å². The fraction of sp³-hybridized carbons (Fsp3) is 0.667. The zero-order valence-electron chi connectivity index (χ0n) is 9.45. The molecule has 1 aromatic rings. The highest BCUT2D eigenvalue weighted by molar-refractivity contribution is 7.89. The first kappa shape index (κ1) is 13.5. The van der Waals surface area contributed by atoms with Crippen LogP contribution in [0.1, 0.15) is 24.8 Å². The van der Waals surface area contributed by atoms with E-state index in [0.717, 1.165) is 0 Å². The number of hydrogen-bond acceptors (Lipinski definition) is 4. The van der Waals surface area contributed by atoms with Gasteiger partial charge in [0.05, 0.1) is 0 Å². The highest BCUT2D eigenvalue weighted by atomic mass is 35.5. The molecule has 92 valence electrons. The summed E-state index contributed by atoms with van der Waals surface area (Å²) in [6, 6.07) is 0. The maximum atomic E-state index is 11.9. The molecule has 0 spiro atoms. The lowest BCUT2D eigenvalue weighted by Crippen LogP contribution is -2.30. The van der Waals surface area contributed by atoms with Gasteiger partial charge < -0.3 is 4.52 Å². The largest absolute Gasteiger partial charge is 0.360 e. The highest BCUT2D eigenvalue weighted by Gasteiger charge is 2.24. The van der Waals surface area contributed by atoms with Crippen LogP contribution in [0, 0.1) is 13.8 Å². The van der Waals surface area contributed by atoms with Crippen molar-refractivity contribution in [2.45, 2.75) is 37.5 Å². The van der Waals surface area contributed by atoms with Crippen molar-refractivity contribution >= 4 is 21.6 Å². The second kappa shape index (κ2) is 5.16. The maximum Gasteiger partial charge on any atom is 0.246 e. The summed E-state index contributed by atoms with van der Waals surface area (Å²) in [7, 11) is -3.57. The fourth-order valence-electron chi connectivity index (χ4n) is 1.27. The maximum absolute atomic E-state index is 11.9. The number of nitrogens with zero attached hydrogens (tertiary/aromatic N) is 1. The van der Waals surface area contributed by atoms with Crippen LogP contribution in [0.15, 0.2) is 9.42 Å². The number of nitrogens with one attached hydrogen (secondary N) is 1. The SMILES string of the molecule is CCC(Cl)CNS(=O)(=O)c1c(C)noc1C. The Morgan fingerprint density at radius 2 is 2.12 bits per heavy atom. The third-order valence-electron chi connectivity index (χ3n) is 2.17. The second-order valence-corrected chi connectivity index (χ2v) is 5.83. The van der Waals surface area contributed by atoms with Crippen LogP contribution in [-0.4, -0.2) is 25.5 Å². The fourth-order valence-corrected chi connectivity index (χ4v) is 2.85. The lowest BCUT2D eigenvalue weighted by atomic mass is 10.3. The number of aromatic nitrogens is 1. The molecule has 0 bridgehead atoms. The van der Waals surface area contributed by atoms with E-state index in [4.69, 9.17) is 16.1 Å². The van der Waals surface area contributed by atoms with Gasteiger partial charge in [-0.3, -0.25) is 0 Å². The molecule has 0 aliphatic carbocycles. The molecule has 0 amide bonds. The van der Waals surface area contributed by atoms with Crippen molar-refractivity contribution in [3.05, 3.63) is 11.5 Å². The molecule has 5 nitrogen and oxygen atoms in total.